The Morgan fingerprint density at radius 3 is 1.61 bits per heavy atom. The zero-order chi connectivity index (χ0) is 15.8. The molecule has 1 N–H and O–H groups in total. The van der Waals surface area contributed by atoms with Gasteiger partial charge in [-0.25, -0.2) is 4.79 Å². The number of carboxylic acid groups (broad SMARTS) is 1. The molecule has 6 heteroatoms. The number of hydrogen-bond donors (Lipinski definition) is 1. The van der Waals surface area contributed by atoms with Crippen molar-refractivity contribution >= 4 is 34.3 Å². The molecule has 0 aliphatic carbocycles. The van der Waals surface area contributed by atoms with E-state index in [2.05, 4.69) is 25.9 Å². The summed E-state index contributed by atoms with van der Waals surface area (Å²) in [6, 6.07) is 14.3. The topological polar surface area (TPSA) is 63.1 Å². The number of carbonyl (C=O) groups is 1. The molecule has 1 aromatic carbocycles. The minimum Gasteiger partial charge on any atom is -0.478 e. The second-order valence-electron chi connectivity index (χ2n) is 4.28. The quantitative estimate of drug-likeness (QED) is 0.684. The Hall–Kier alpha value is -2.24. The van der Waals surface area contributed by atoms with Crippen molar-refractivity contribution in [3.05, 3.63) is 83.4 Å². The van der Waals surface area contributed by atoms with Gasteiger partial charge in [0.2, 0.25) is 0 Å². The number of rotatable bonds is 2. The number of aromatic carboxylic acids is 1. The summed E-state index contributed by atoms with van der Waals surface area (Å²) in [4.78, 5) is 18.4. The van der Waals surface area contributed by atoms with Gasteiger partial charge in [-0.3, -0.25) is 9.97 Å². The van der Waals surface area contributed by atoms with Gasteiger partial charge in [0, 0.05) is 29.3 Å². The predicted molar refractivity (Wildman–Crippen MR) is 95.8 cm³/mol. The maximum absolute atomic E-state index is 10.6. The summed E-state index contributed by atoms with van der Waals surface area (Å²) in [6.45, 7) is 0. The summed E-state index contributed by atoms with van der Waals surface area (Å²) in [5.41, 5.74) is 2.32. The molecule has 0 bridgehead atoms. The fourth-order valence-corrected chi connectivity index (χ4v) is 1.92. The first-order chi connectivity index (χ1) is 10.7. The molecule has 23 heavy (non-hydrogen) atoms. The van der Waals surface area contributed by atoms with Crippen molar-refractivity contribution < 1.29 is 9.90 Å². The minimum atomic E-state index is -0.906. The van der Waals surface area contributed by atoms with Gasteiger partial charge in [0.15, 0.2) is 0 Å². The zero-order valence-electron chi connectivity index (χ0n) is 12.0. The van der Waals surface area contributed by atoms with E-state index in [9.17, 15) is 4.79 Å². The van der Waals surface area contributed by atoms with Crippen LogP contribution in [-0.4, -0.2) is 21.0 Å². The van der Waals surface area contributed by atoms with Crippen LogP contribution in [0, 0.1) is 0 Å². The molecule has 0 fully saturated rings. The van der Waals surface area contributed by atoms with Crippen LogP contribution < -0.4 is 0 Å². The van der Waals surface area contributed by atoms with Gasteiger partial charge in [0.25, 0.3) is 0 Å². The van der Waals surface area contributed by atoms with E-state index in [-0.39, 0.29) is 12.4 Å². The number of hydrogen-bond acceptors (Lipinski definition) is 3. The minimum absolute atomic E-state index is 0. The SMILES string of the molecule is Brc1ccncc1.Cl.O=C(O)c1ccc(-c2ccncc2)cc1. The first kappa shape index (κ1) is 18.8. The summed E-state index contributed by atoms with van der Waals surface area (Å²) in [5, 5.41) is 8.74. The Balaban J connectivity index is 0.000000280. The summed E-state index contributed by atoms with van der Waals surface area (Å²) < 4.78 is 1.07. The van der Waals surface area contributed by atoms with E-state index in [1.807, 2.05) is 24.3 Å². The maximum Gasteiger partial charge on any atom is 0.335 e. The lowest BCUT2D eigenvalue weighted by Crippen LogP contribution is -1.94. The summed E-state index contributed by atoms with van der Waals surface area (Å²) in [5.74, 6) is -0.906. The Morgan fingerprint density at radius 1 is 0.783 bits per heavy atom. The summed E-state index contributed by atoms with van der Waals surface area (Å²) >= 11 is 3.27. The van der Waals surface area contributed by atoms with Crippen molar-refractivity contribution in [2.24, 2.45) is 0 Å². The van der Waals surface area contributed by atoms with Crippen LogP contribution in [0.25, 0.3) is 11.1 Å². The average Bonchev–Trinajstić information content (AvgIpc) is 2.57. The Kier molecular flexibility index (Phi) is 7.94. The number of carboxylic acids is 1. The van der Waals surface area contributed by atoms with Crippen molar-refractivity contribution in [3.8, 4) is 11.1 Å². The van der Waals surface area contributed by atoms with Gasteiger partial charge < -0.3 is 5.11 Å². The highest BCUT2D eigenvalue weighted by Crippen LogP contribution is 2.18. The first-order valence-electron chi connectivity index (χ1n) is 6.46. The molecule has 118 valence electrons. The molecule has 0 atom stereocenters. The Morgan fingerprint density at radius 2 is 1.22 bits per heavy atom. The summed E-state index contributed by atoms with van der Waals surface area (Å²) in [7, 11) is 0. The van der Waals surface area contributed by atoms with E-state index in [0.29, 0.717) is 5.56 Å². The molecule has 2 aromatic heterocycles. The van der Waals surface area contributed by atoms with Gasteiger partial charge in [-0.1, -0.05) is 28.1 Å². The zero-order valence-corrected chi connectivity index (χ0v) is 14.4. The smallest absolute Gasteiger partial charge is 0.335 e. The third-order valence-electron chi connectivity index (χ3n) is 2.79. The van der Waals surface area contributed by atoms with Crippen LogP contribution >= 0.6 is 28.3 Å². The van der Waals surface area contributed by atoms with E-state index in [0.717, 1.165) is 15.6 Å². The largest absolute Gasteiger partial charge is 0.478 e. The molecule has 0 unspecified atom stereocenters. The fraction of sp³-hybridized carbons (Fsp3) is 0. The molecule has 0 spiro atoms. The normalized spacial score (nSPS) is 9.09. The fourth-order valence-electron chi connectivity index (χ4n) is 1.68. The first-order valence-corrected chi connectivity index (χ1v) is 7.25. The van der Waals surface area contributed by atoms with Crippen LogP contribution in [0.2, 0.25) is 0 Å². The van der Waals surface area contributed by atoms with Crippen LogP contribution in [-0.2, 0) is 0 Å². The molecule has 0 aliphatic rings. The molecule has 4 nitrogen and oxygen atoms in total. The molecule has 3 aromatic rings. The highest BCUT2D eigenvalue weighted by molar-refractivity contribution is 9.10. The van der Waals surface area contributed by atoms with Crippen molar-refractivity contribution in [2.45, 2.75) is 0 Å². The van der Waals surface area contributed by atoms with Gasteiger partial charge in [-0.05, 0) is 47.5 Å². The lowest BCUT2D eigenvalue weighted by atomic mass is 10.1. The van der Waals surface area contributed by atoms with Crippen molar-refractivity contribution in [1.29, 1.82) is 0 Å². The summed E-state index contributed by atoms with van der Waals surface area (Å²) in [6.07, 6.45) is 6.90. The second kappa shape index (κ2) is 9.71. The second-order valence-corrected chi connectivity index (χ2v) is 5.20. The number of benzene rings is 1. The van der Waals surface area contributed by atoms with Crippen molar-refractivity contribution in [3.63, 3.8) is 0 Å². The highest BCUT2D eigenvalue weighted by atomic mass is 79.9. The molecule has 0 amide bonds. The van der Waals surface area contributed by atoms with Gasteiger partial charge in [-0.15, -0.1) is 12.4 Å². The van der Waals surface area contributed by atoms with E-state index >= 15 is 0 Å². The molecule has 0 radical (unpaired) electrons. The van der Waals surface area contributed by atoms with Gasteiger partial charge in [0.1, 0.15) is 0 Å². The molecular weight excluding hydrogens is 380 g/mol. The average molecular weight is 394 g/mol. The highest BCUT2D eigenvalue weighted by Gasteiger charge is 2.02. The lowest BCUT2D eigenvalue weighted by molar-refractivity contribution is 0.0697. The van der Waals surface area contributed by atoms with Gasteiger partial charge >= 0.3 is 5.97 Å². The molecule has 0 aliphatic heterocycles. The van der Waals surface area contributed by atoms with E-state index in [4.69, 9.17) is 5.11 Å². The maximum atomic E-state index is 10.6. The Labute approximate surface area is 148 Å². The van der Waals surface area contributed by atoms with Crippen LogP contribution in [0.4, 0.5) is 0 Å². The number of aromatic nitrogens is 2. The molecule has 3 rings (SSSR count). The van der Waals surface area contributed by atoms with E-state index in [1.165, 1.54) is 0 Å². The third kappa shape index (κ3) is 6.18. The number of nitrogens with zero attached hydrogens (tertiary/aromatic N) is 2. The van der Waals surface area contributed by atoms with E-state index in [1.54, 1.807) is 49.1 Å². The molecule has 2 heterocycles. The van der Waals surface area contributed by atoms with Crippen LogP contribution in [0.15, 0.2) is 77.8 Å². The van der Waals surface area contributed by atoms with E-state index < -0.39 is 5.97 Å². The van der Waals surface area contributed by atoms with Crippen LogP contribution in [0.3, 0.4) is 0 Å². The van der Waals surface area contributed by atoms with Crippen LogP contribution in [0.1, 0.15) is 10.4 Å². The van der Waals surface area contributed by atoms with Gasteiger partial charge in [-0.2, -0.15) is 0 Å². The third-order valence-corrected chi connectivity index (χ3v) is 3.31. The van der Waals surface area contributed by atoms with Gasteiger partial charge in [0.05, 0.1) is 5.56 Å². The number of pyridine rings is 2. The van der Waals surface area contributed by atoms with Crippen molar-refractivity contribution in [2.75, 3.05) is 0 Å². The molecule has 0 saturated heterocycles. The standard InChI is InChI=1S/C12H9NO2.C5H4BrN.ClH/c14-12(15)11-3-1-9(2-4-11)10-5-7-13-8-6-10;6-5-1-3-7-4-2-5;/h1-8H,(H,14,15);1-4H;1H. The molecular formula is C17H14BrClN2O2. The van der Waals surface area contributed by atoms with Crippen molar-refractivity contribution in [1.82, 2.24) is 9.97 Å². The monoisotopic (exact) mass is 392 g/mol. The number of halogens is 2. The Bertz CT molecular complexity index is 723. The lowest BCUT2D eigenvalue weighted by Gasteiger charge is -2.00. The predicted octanol–water partition coefficient (Wildman–Crippen LogP) is 4.71. The molecule has 0 saturated carbocycles. The van der Waals surface area contributed by atoms with Crippen LogP contribution in [0.5, 0.6) is 0 Å².